The van der Waals surface area contributed by atoms with Crippen molar-refractivity contribution in [1.29, 1.82) is 0 Å². The highest BCUT2D eigenvalue weighted by Crippen LogP contribution is 2.25. The molecule has 2 aromatic heterocycles. The Morgan fingerprint density at radius 1 is 1.19 bits per heavy atom. The molecule has 0 amide bonds. The molecule has 0 fully saturated rings. The van der Waals surface area contributed by atoms with Gasteiger partial charge in [-0.05, 0) is 18.6 Å². The van der Waals surface area contributed by atoms with Gasteiger partial charge in [-0.1, -0.05) is 25.1 Å². The second-order valence-electron chi connectivity index (χ2n) is 4.83. The summed E-state index contributed by atoms with van der Waals surface area (Å²) in [4.78, 5) is 12.2. The normalized spacial score (nSPS) is 10.9. The summed E-state index contributed by atoms with van der Waals surface area (Å²) in [6.07, 6.45) is 4.73. The molecule has 0 atom stereocenters. The first-order chi connectivity index (χ1) is 10.3. The average molecular weight is 298 g/mol. The van der Waals surface area contributed by atoms with Crippen LogP contribution in [0.25, 0.3) is 10.9 Å². The molecular weight excluding hydrogens is 280 g/mol. The van der Waals surface area contributed by atoms with Crippen molar-refractivity contribution in [3.63, 3.8) is 0 Å². The zero-order valence-corrected chi connectivity index (χ0v) is 12.8. The van der Waals surface area contributed by atoms with Gasteiger partial charge in [-0.15, -0.1) is 11.8 Å². The maximum atomic E-state index is 4.44. The first-order valence-electron chi connectivity index (χ1n) is 7.10. The summed E-state index contributed by atoms with van der Waals surface area (Å²) in [6.45, 7) is 3.06. The minimum atomic E-state index is 0.813. The topological polar surface area (TPSA) is 53.6 Å². The number of thioether (sulfide) groups is 1. The van der Waals surface area contributed by atoms with Crippen LogP contribution in [0.1, 0.15) is 19.0 Å². The molecule has 0 spiro atoms. The first-order valence-corrected chi connectivity index (χ1v) is 8.09. The van der Waals surface area contributed by atoms with Gasteiger partial charge >= 0.3 is 0 Å². The van der Waals surface area contributed by atoms with Crippen LogP contribution in [0.3, 0.4) is 0 Å². The lowest BCUT2D eigenvalue weighted by atomic mass is 10.3. The van der Waals surface area contributed by atoms with Crippen LogP contribution in [-0.4, -0.2) is 21.5 Å². The summed E-state index contributed by atoms with van der Waals surface area (Å²) < 4.78 is 0. The molecule has 0 aliphatic heterocycles. The van der Waals surface area contributed by atoms with Crippen LogP contribution in [0.4, 0.5) is 5.82 Å². The lowest BCUT2D eigenvalue weighted by Gasteiger charge is -2.04. The van der Waals surface area contributed by atoms with E-state index in [9.17, 15) is 0 Å². The van der Waals surface area contributed by atoms with Crippen LogP contribution in [0.2, 0.25) is 0 Å². The van der Waals surface area contributed by atoms with Crippen LogP contribution >= 0.6 is 11.8 Å². The summed E-state index contributed by atoms with van der Waals surface area (Å²) in [5, 5.41) is 5.63. The summed E-state index contributed by atoms with van der Waals surface area (Å²) in [7, 11) is 0. The smallest absolute Gasteiger partial charge is 0.144 e. The van der Waals surface area contributed by atoms with Gasteiger partial charge in [0.05, 0.1) is 23.1 Å². The van der Waals surface area contributed by atoms with E-state index in [4.69, 9.17) is 0 Å². The lowest BCUT2D eigenvalue weighted by Crippen LogP contribution is -2.02. The van der Waals surface area contributed by atoms with Gasteiger partial charge in [-0.3, -0.25) is 4.98 Å². The molecular formula is C16H18N4S. The molecule has 0 aliphatic carbocycles. The van der Waals surface area contributed by atoms with E-state index in [0.29, 0.717) is 0 Å². The van der Waals surface area contributed by atoms with E-state index in [2.05, 4.69) is 51.5 Å². The molecule has 0 saturated heterocycles. The second-order valence-corrected chi connectivity index (χ2v) is 5.85. The number of anilines is 1. The van der Waals surface area contributed by atoms with E-state index >= 15 is 0 Å². The highest BCUT2D eigenvalue weighted by molar-refractivity contribution is 7.98. The third kappa shape index (κ3) is 3.55. The van der Waals surface area contributed by atoms with E-state index in [1.807, 2.05) is 12.3 Å². The van der Waals surface area contributed by atoms with E-state index in [1.54, 1.807) is 18.0 Å². The standard InChI is InChI=1S/C16H18N4S/c1-2-7-17-15-10-18-13(9-19-15)11-21-16-8-12-5-3-4-6-14(12)20-16/h3-6,8-10,20H,2,7,11H2,1H3,(H,17,19). The predicted octanol–water partition coefficient (Wildman–Crippen LogP) is 4.07. The molecule has 0 saturated carbocycles. The zero-order chi connectivity index (χ0) is 14.5. The van der Waals surface area contributed by atoms with Gasteiger partial charge < -0.3 is 10.3 Å². The van der Waals surface area contributed by atoms with Gasteiger partial charge in [0.1, 0.15) is 5.82 Å². The van der Waals surface area contributed by atoms with Crippen molar-refractivity contribution in [3.8, 4) is 0 Å². The molecule has 0 unspecified atom stereocenters. The third-order valence-electron chi connectivity index (χ3n) is 3.14. The van der Waals surface area contributed by atoms with Crippen LogP contribution in [0.15, 0.2) is 47.8 Å². The Labute approximate surface area is 128 Å². The van der Waals surface area contributed by atoms with Crippen molar-refractivity contribution >= 4 is 28.5 Å². The van der Waals surface area contributed by atoms with Gasteiger partial charge in [0.2, 0.25) is 0 Å². The number of rotatable bonds is 6. The Kier molecular flexibility index (Phi) is 4.40. The van der Waals surface area contributed by atoms with Crippen LogP contribution < -0.4 is 5.32 Å². The Hall–Kier alpha value is -2.01. The number of aromatic amines is 1. The van der Waals surface area contributed by atoms with E-state index in [-0.39, 0.29) is 0 Å². The van der Waals surface area contributed by atoms with Crippen LogP contribution in [0, 0.1) is 0 Å². The summed E-state index contributed by atoms with van der Waals surface area (Å²) in [6, 6.07) is 10.5. The number of aromatic nitrogens is 3. The minimum absolute atomic E-state index is 0.813. The molecule has 3 aromatic rings. The molecule has 108 valence electrons. The number of nitrogens with one attached hydrogen (secondary N) is 2. The van der Waals surface area contributed by atoms with Gasteiger partial charge in [-0.2, -0.15) is 0 Å². The van der Waals surface area contributed by atoms with E-state index in [1.165, 1.54) is 10.9 Å². The largest absolute Gasteiger partial charge is 0.369 e. The fraction of sp³-hybridized carbons (Fsp3) is 0.250. The molecule has 3 rings (SSSR count). The minimum Gasteiger partial charge on any atom is -0.369 e. The van der Waals surface area contributed by atoms with E-state index < -0.39 is 0 Å². The molecule has 0 aliphatic rings. The third-order valence-corrected chi connectivity index (χ3v) is 4.11. The number of benzene rings is 1. The SMILES string of the molecule is CCCNc1cnc(CSc2cc3ccccc3[nH]2)cn1. The zero-order valence-electron chi connectivity index (χ0n) is 12.0. The Morgan fingerprint density at radius 2 is 2.10 bits per heavy atom. The Morgan fingerprint density at radius 3 is 2.86 bits per heavy atom. The molecule has 4 nitrogen and oxygen atoms in total. The van der Waals surface area contributed by atoms with Crippen molar-refractivity contribution in [1.82, 2.24) is 15.0 Å². The first kappa shape index (κ1) is 13.9. The molecule has 2 N–H and O–H groups in total. The molecule has 0 radical (unpaired) electrons. The Balaban J connectivity index is 1.61. The molecule has 0 bridgehead atoms. The fourth-order valence-electron chi connectivity index (χ4n) is 2.05. The highest BCUT2D eigenvalue weighted by atomic mass is 32.2. The molecule has 21 heavy (non-hydrogen) atoms. The van der Waals surface area contributed by atoms with Gasteiger partial charge in [0.25, 0.3) is 0 Å². The predicted molar refractivity (Wildman–Crippen MR) is 88.7 cm³/mol. The number of hydrogen-bond acceptors (Lipinski definition) is 4. The van der Waals surface area contributed by atoms with Crippen molar-refractivity contribution < 1.29 is 0 Å². The van der Waals surface area contributed by atoms with E-state index in [0.717, 1.165) is 35.3 Å². The summed E-state index contributed by atoms with van der Waals surface area (Å²) in [5.74, 6) is 1.66. The number of hydrogen-bond donors (Lipinski definition) is 2. The number of H-pyrrole nitrogens is 1. The van der Waals surface area contributed by atoms with Crippen molar-refractivity contribution in [2.75, 3.05) is 11.9 Å². The van der Waals surface area contributed by atoms with Crippen molar-refractivity contribution in [3.05, 3.63) is 48.4 Å². The van der Waals surface area contributed by atoms with Crippen LogP contribution in [-0.2, 0) is 5.75 Å². The summed E-state index contributed by atoms with van der Waals surface area (Å²) >= 11 is 1.74. The summed E-state index contributed by atoms with van der Waals surface area (Å²) in [5.41, 5.74) is 2.16. The molecule has 5 heteroatoms. The second kappa shape index (κ2) is 6.63. The average Bonchev–Trinajstić information content (AvgIpc) is 2.95. The Bertz CT molecular complexity index is 673. The van der Waals surface area contributed by atoms with Gasteiger partial charge in [0, 0.05) is 23.2 Å². The van der Waals surface area contributed by atoms with Crippen molar-refractivity contribution in [2.45, 2.75) is 24.1 Å². The van der Waals surface area contributed by atoms with Crippen LogP contribution in [0.5, 0.6) is 0 Å². The van der Waals surface area contributed by atoms with Crippen molar-refractivity contribution in [2.24, 2.45) is 0 Å². The lowest BCUT2D eigenvalue weighted by molar-refractivity contribution is 0.960. The maximum Gasteiger partial charge on any atom is 0.144 e. The van der Waals surface area contributed by atoms with Gasteiger partial charge in [0.15, 0.2) is 0 Å². The number of para-hydroxylation sites is 1. The van der Waals surface area contributed by atoms with Gasteiger partial charge in [-0.25, -0.2) is 4.98 Å². The highest BCUT2D eigenvalue weighted by Gasteiger charge is 2.03. The fourth-order valence-corrected chi connectivity index (χ4v) is 2.89. The molecule has 1 aromatic carbocycles. The number of nitrogens with zero attached hydrogens (tertiary/aromatic N) is 2. The molecule has 2 heterocycles. The maximum absolute atomic E-state index is 4.44. The monoisotopic (exact) mass is 298 g/mol. The number of fused-ring (bicyclic) bond motifs is 1. The quantitative estimate of drug-likeness (QED) is 0.673.